The first-order valence-electron chi connectivity index (χ1n) is 8.49. The Morgan fingerprint density at radius 1 is 0.963 bits per heavy atom. The van der Waals surface area contributed by atoms with E-state index in [2.05, 4.69) is 28.6 Å². The number of aliphatic hydroxyl groups is 1. The molecule has 0 aromatic rings. The summed E-state index contributed by atoms with van der Waals surface area (Å²) in [5, 5.41) is 25.2. The third-order valence-corrected chi connectivity index (χ3v) is 3.97. The van der Waals surface area contributed by atoms with Gasteiger partial charge in [-0.2, -0.15) is 12.6 Å². The number of carboxylic acid groups (broad SMARTS) is 1. The summed E-state index contributed by atoms with van der Waals surface area (Å²) in [7, 11) is 0. The van der Waals surface area contributed by atoms with Crippen LogP contribution in [-0.4, -0.2) is 77.0 Å². The van der Waals surface area contributed by atoms with Gasteiger partial charge in [-0.25, -0.2) is 4.79 Å². The molecular formula is C15H29N5O6S. The Balaban J connectivity index is 5.02. The lowest BCUT2D eigenvalue weighted by Crippen LogP contribution is -2.58. The summed E-state index contributed by atoms with van der Waals surface area (Å²) in [6.07, 6.45) is 1.43. The van der Waals surface area contributed by atoms with Crippen molar-refractivity contribution >= 4 is 36.3 Å². The molecule has 0 aromatic heterocycles. The van der Waals surface area contributed by atoms with Crippen molar-refractivity contribution in [1.82, 2.24) is 16.0 Å². The molecule has 0 radical (unpaired) electrons. The van der Waals surface area contributed by atoms with Gasteiger partial charge in [0.25, 0.3) is 0 Å². The second-order valence-corrected chi connectivity index (χ2v) is 6.33. The number of carboxylic acids is 1. The van der Waals surface area contributed by atoms with Gasteiger partial charge in [-0.1, -0.05) is 0 Å². The van der Waals surface area contributed by atoms with E-state index in [1.165, 1.54) is 6.92 Å². The number of aliphatic carboxylic acids is 1. The van der Waals surface area contributed by atoms with E-state index in [1.54, 1.807) is 0 Å². The van der Waals surface area contributed by atoms with Crippen LogP contribution in [0.15, 0.2) is 0 Å². The third kappa shape index (κ3) is 9.56. The number of aliphatic hydroxyl groups excluding tert-OH is 1. The van der Waals surface area contributed by atoms with Gasteiger partial charge in [-0.15, -0.1) is 0 Å². The molecule has 3 amide bonds. The zero-order valence-corrected chi connectivity index (χ0v) is 16.1. The number of amides is 3. The number of carbonyl (C=O) groups excluding carboxylic acids is 3. The Bertz CT molecular complexity index is 519. The molecule has 27 heavy (non-hydrogen) atoms. The zero-order chi connectivity index (χ0) is 21.0. The van der Waals surface area contributed by atoms with Crippen molar-refractivity contribution in [2.24, 2.45) is 11.5 Å². The highest BCUT2D eigenvalue weighted by atomic mass is 32.1. The van der Waals surface area contributed by atoms with Crippen LogP contribution in [0.4, 0.5) is 0 Å². The molecule has 0 bridgehead atoms. The smallest absolute Gasteiger partial charge is 0.327 e. The number of unbranched alkanes of at least 4 members (excludes halogenated alkanes) is 1. The van der Waals surface area contributed by atoms with Crippen molar-refractivity contribution in [3.05, 3.63) is 0 Å². The average Bonchev–Trinajstić information content (AvgIpc) is 2.62. The Morgan fingerprint density at radius 3 is 1.93 bits per heavy atom. The number of rotatable bonds is 13. The van der Waals surface area contributed by atoms with Gasteiger partial charge in [-0.05, 0) is 32.7 Å². The van der Waals surface area contributed by atoms with Gasteiger partial charge in [-0.3, -0.25) is 14.4 Å². The molecular weight excluding hydrogens is 378 g/mol. The molecule has 9 N–H and O–H groups in total. The minimum Gasteiger partial charge on any atom is -0.480 e. The molecule has 0 saturated heterocycles. The Labute approximate surface area is 163 Å². The first kappa shape index (κ1) is 25.1. The minimum absolute atomic E-state index is 0.167. The van der Waals surface area contributed by atoms with Gasteiger partial charge in [0.2, 0.25) is 17.7 Å². The molecule has 0 spiro atoms. The molecule has 0 rings (SSSR count). The van der Waals surface area contributed by atoms with Crippen molar-refractivity contribution in [1.29, 1.82) is 0 Å². The zero-order valence-electron chi connectivity index (χ0n) is 15.2. The van der Waals surface area contributed by atoms with Gasteiger partial charge in [0.15, 0.2) is 0 Å². The summed E-state index contributed by atoms with van der Waals surface area (Å²) in [5.41, 5.74) is 10.9. The molecule has 0 saturated carbocycles. The first-order chi connectivity index (χ1) is 12.7. The van der Waals surface area contributed by atoms with Crippen molar-refractivity contribution in [2.45, 2.75) is 50.4 Å². The van der Waals surface area contributed by atoms with E-state index in [4.69, 9.17) is 16.6 Å². The van der Waals surface area contributed by atoms with Crippen LogP contribution in [0.3, 0.4) is 0 Å². The molecule has 12 heteroatoms. The van der Waals surface area contributed by atoms with Crippen LogP contribution in [0.25, 0.3) is 0 Å². The normalized spacial score (nSPS) is 15.1. The molecule has 4 unspecified atom stereocenters. The van der Waals surface area contributed by atoms with Crippen LogP contribution >= 0.6 is 12.6 Å². The minimum atomic E-state index is -1.39. The highest BCUT2D eigenvalue weighted by Gasteiger charge is 2.29. The molecule has 0 heterocycles. The van der Waals surface area contributed by atoms with Crippen LogP contribution < -0.4 is 27.4 Å². The Kier molecular flexibility index (Phi) is 12.4. The average molecular weight is 407 g/mol. The summed E-state index contributed by atoms with van der Waals surface area (Å²) >= 11 is 3.82. The number of hydrogen-bond acceptors (Lipinski definition) is 8. The highest BCUT2D eigenvalue weighted by molar-refractivity contribution is 7.80. The van der Waals surface area contributed by atoms with Crippen molar-refractivity contribution in [2.75, 3.05) is 18.9 Å². The van der Waals surface area contributed by atoms with E-state index in [1.807, 2.05) is 0 Å². The predicted molar refractivity (Wildman–Crippen MR) is 101 cm³/mol. The number of hydrogen-bond donors (Lipinski definition) is 8. The highest BCUT2D eigenvalue weighted by Crippen LogP contribution is 2.02. The van der Waals surface area contributed by atoms with Gasteiger partial charge in [0.1, 0.15) is 18.1 Å². The van der Waals surface area contributed by atoms with Gasteiger partial charge in [0, 0.05) is 5.75 Å². The van der Waals surface area contributed by atoms with E-state index < -0.39 is 54.5 Å². The van der Waals surface area contributed by atoms with Gasteiger partial charge >= 0.3 is 5.97 Å². The summed E-state index contributed by atoms with van der Waals surface area (Å²) in [6, 6.07) is -4.47. The summed E-state index contributed by atoms with van der Waals surface area (Å²) in [6.45, 7) is 1.11. The van der Waals surface area contributed by atoms with Gasteiger partial charge in [0.05, 0.1) is 12.6 Å². The maximum Gasteiger partial charge on any atom is 0.327 e. The van der Waals surface area contributed by atoms with Crippen LogP contribution in [-0.2, 0) is 19.2 Å². The van der Waals surface area contributed by atoms with Crippen molar-refractivity contribution in [3.8, 4) is 0 Å². The monoisotopic (exact) mass is 407 g/mol. The fourth-order valence-electron chi connectivity index (χ4n) is 1.99. The maximum atomic E-state index is 12.4. The maximum absolute atomic E-state index is 12.4. The summed E-state index contributed by atoms with van der Waals surface area (Å²) < 4.78 is 0. The molecule has 0 aliphatic carbocycles. The fourth-order valence-corrected chi connectivity index (χ4v) is 2.24. The van der Waals surface area contributed by atoms with E-state index in [-0.39, 0.29) is 12.2 Å². The van der Waals surface area contributed by atoms with Crippen LogP contribution in [0.5, 0.6) is 0 Å². The van der Waals surface area contributed by atoms with E-state index in [0.29, 0.717) is 19.4 Å². The molecule has 4 atom stereocenters. The van der Waals surface area contributed by atoms with E-state index in [9.17, 15) is 24.3 Å². The molecule has 156 valence electrons. The quantitative estimate of drug-likeness (QED) is 0.116. The first-order valence-corrected chi connectivity index (χ1v) is 9.12. The van der Waals surface area contributed by atoms with Gasteiger partial charge < -0.3 is 37.6 Å². The van der Waals surface area contributed by atoms with Crippen molar-refractivity contribution < 1.29 is 29.4 Å². The topological polar surface area (TPSA) is 197 Å². The van der Waals surface area contributed by atoms with Crippen molar-refractivity contribution in [3.63, 3.8) is 0 Å². The molecule has 11 nitrogen and oxygen atoms in total. The molecule has 0 aromatic carbocycles. The van der Waals surface area contributed by atoms with E-state index >= 15 is 0 Å². The second-order valence-electron chi connectivity index (χ2n) is 5.96. The Hall–Kier alpha value is -1.89. The largest absolute Gasteiger partial charge is 0.480 e. The Morgan fingerprint density at radius 2 is 1.48 bits per heavy atom. The molecule has 0 aliphatic rings. The number of thiol groups is 1. The fraction of sp³-hybridized carbons (Fsp3) is 0.733. The molecule has 0 aliphatic heterocycles. The van der Waals surface area contributed by atoms with Crippen LogP contribution in [0, 0.1) is 0 Å². The van der Waals surface area contributed by atoms with Crippen LogP contribution in [0.2, 0.25) is 0 Å². The molecule has 0 fully saturated rings. The lowest BCUT2D eigenvalue weighted by Gasteiger charge is -2.23. The van der Waals surface area contributed by atoms with E-state index in [0.717, 1.165) is 0 Å². The summed E-state index contributed by atoms with van der Waals surface area (Å²) in [5.74, 6) is -3.60. The lowest BCUT2D eigenvalue weighted by molar-refractivity contribution is -0.142. The number of carbonyl (C=O) groups is 4. The third-order valence-electron chi connectivity index (χ3n) is 3.61. The standard InChI is InChI=1S/C15H29N5O6S/c1-8(17)12(22)18-9(4-2-3-5-16)13(23)19-10(6-21)14(24)20-11(7-27)15(25)26/h8-11,21,27H,2-7,16-17H2,1H3,(H,18,22)(H,19,23)(H,20,24)(H,25,26). The lowest BCUT2D eigenvalue weighted by atomic mass is 10.1. The SMILES string of the molecule is CC(N)C(=O)NC(CCCCN)C(=O)NC(CO)C(=O)NC(CS)C(=O)O. The van der Waals surface area contributed by atoms with Crippen LogP contribution in [0.1, 0.15) is 26.2 Å². The predicted octanol–water partition coefficient (Wildman–Crippen LogP) is -3.08. The number of nitrogens with one attached hydrogen (secondary N) is 3. The summed E-state index contributed by atoms with van der Waals surface area (Å²) in [4.78, 5) is 47.3. The number of nitrogens with two attached hydrogens (primary N) is 2. The second kappa shape index (κ2) is 13.3.